The molecule has 5 heterocycles. The van der Waals surface area contributed by atoms with Crippen LogP contribution in [0.15, 0.2) is 194 Å². The van der Waals surface area contributed by atoms with Crippen molar-refractivity contribution in [1.29, 1.82) is 0 Å². The Kier molecular flexibility index (Phi) is 10.1. The Hall–Kier alpha value is -8.10. The van der Waals surface area contributed by atoms with E-state index in [9.17, 15) is 9.59 Å². The van der Waals surface area contributed by atoms with E-state index in [1.165, 1.54) is 18.3 Å². The van der Waals surface area contributed by atoms with Crippen molar-refractivity contribution in [2.24, 2.45) is 0 Å². The van der Waals surface area contributed by atoms with E-state index in [1.807, 2.05) is 109 Å². The second-order valence-electron chi connectivity index (χ2n) is 15.8. The van der Waals surface area contributed by atoms with Gasteiger partial charge in [-0.3, -0.25) is 0 Å². The summed E-state index contributed by atoms with van der Waals surface area (Å²) in [4.78, 5) is 37.7. The largest absolute Gasteiger partial charge is 1.20 e. The normalized spacial score (nSPS) is 12.9. The molecule has 0 amide bonds. The predicted molar refractivity (Wildman–Crippen MR) is 248 cm³/mol. The number of halogens is 3. The number of rotatable bonds is 0. The molecule has 2 aromatic heterocycles. The highest BCUT2D eigenvalue weighted by Crippen LogP contribution is 2.49. The van der Waals surface area contributed by atoms with E-state index in [4.69, 9.17) is 11.4 Å². The summed E-state index contributed by atoms with van der Waals surface area (Å²) < 4.78 is 66.4. The minimum atomic E-state index is -4.87. The molecule has 0 atom stereocenters. The molecule has 9 bridgehead atoms. The van der Waals surface area contributed by atoms with Crippen LogP contribution in [0.1, 0.15) is 26.5 Å². The standard InChI is InChI=1S/C55H35F3N2O5.Al/c56-55(57,58)49-30-48(45-23-8-5-19-41(45)36-15-9-12-33(28-36)38-16-1-2-20-42(38)37-25-26-50(53(62)63)60-32-37)51(61)31-47(49)44-22-7-4-18-40(44)35-14-10-13-34(29-35)39-17-3-6-21-43(39)46-24-11-27-59-52(46)54(64)65;/h1-32,61H,(H,62,63)(H,64,65);/q;+3/p-3. The van der Waals surface area contributed by atoms with Gasteiger partial charge in [0.05, 0.1) is 11.3 Å². The molecule has 3 aliphatic rings. The minimum Gasteiger partial charge on any atom is -0.577 e. The van der Waals surface area contributed by atoms with E-state index >= 15 is 13.2 Å². The summed E-state index contributed by atoms with van der Waals surface area (Å²) >= 11 is -4.14. The first-order valence-corrected chi connectivity index (χ1v) is 22.4. The number of hydrogen-bond donors (Lipinski definition) is 0. The molecule has 0 saturated carbocycles. The molecular formula is C55H32AlF3N2O5. The van der Waals surface area contributed by atoms with Gasteiger partial charge in [-0.2, -0.15) is 13.2 Å². The number of carbonyl (C=O) groups is 2. The molecule has 7 nitrogen and oxygen atoms in total. The predicted octanol–water partition coefficient (Wildman–Crippen LogP) is 13.5. The molecule has 3 aliphatic heterocycles. The van der Waals surface area contributed by atoms with E-state index in [1.54, 1.807) is 60.8 Å². The summed E-state index contributed by atoms with van der Waals surface area (Å²) in [5, 5.41) is 0. The van der Waals surface area contributed by atoms with Gasteiger partial charge in [-0.05, 0) is 109 Å². The molecule has 12 rings (SSSR count). The number of benzene rings is 7. The number of fused-ring (bicyclic) bond motifs is 13. The van der Waals surface area contributed by atoms with Gasteiger partial charge in [-0.25, -0.2) is 19.6 Å². The van der Waals surface area contributed by atoms with E-state index in [0.717, 1.165) is 39.4 Å². The monoisotopic (exact) mass is 884 g/mol. The quantitative estimate of drug-likeness (QED) is 0.140. The lowest BCUT2D eigenvalue weighted by Crippen LogP contribution is -2.36. The molecule has 0 radical (unpaired) electrons. The molecule has 316 valence electrons. The summed E-state index contributed by atoms with van der Waals surface area (Å²) in [6.45, 7) is 0. The number of nitrogens with zero attached hydrogens (tertiary/aromatic N) is 2. The molecule has 0 saturated heterocycles. The smallest absolute Gasteiger partial charge is 0.577 e. The van der Waals surface area contributed by atoms with Gasteiger partial charge in [0, 0.05) is 29.1 Å². The third-order valence-corrected chi connectivity index (χ3v) is 13.1. The van der Waals surface area contributed by atoms with Crippen LogP contribution in [0.2, 0.25) is 0 Å². The van der Waals surface area contributed by atoms with Gasteiger partial charge in [0.25, 0.3) is 0 Å². The molecule has 11 heteroatoms. The molecular weight excluding hydrogens is 853 g/mol. The van der Waals surface area contributed by atoms with Crippen molar-refractivity contribution in [2.75, 3.05) is 0 Å². The topological polar surface area (TPSA) is 87.6 Å². The van der Waals surface area contributed by atoms with Gasteiger partial charge in [-0.15, -0.1) is 0 Å². The number of aromatic nitrogens is 2. The summed E-state index contributed by atoms with van der Waals surface area (Å²) in [7, 11) is 0. The molecule has 0 N–H and O–H groups in total. The van der Waals surface area contributed by atoms with Gasteiger partial charge >= 0.3 is 33.3 Å². The van der Waals surface area contributed by atoms with Gasteiger partial charge in [0.1, 0.15) is 5.69 Å². The lowest BCUT2D eigenvalue weighted by atomic mass is 9.86. The molecule has 7 aromatic carbocycles. The fourth-order valence-corrected chi connectivity index (χ4v) is 10.0. The minimum absolute atomic E-state index is 0.0245. The van der Waals surface area contributed by atoms with Gasteiger partial charge in [0.2, 0.25) is 0 Å². The highest BCUT2D eigenvalue weighted by atomic mass is 27.3. The van der Waals surface area contributed by atoms with E-state index in [2.05, 4.69) is 9.97 Å². The Morgan fingerprint density at radius 1 is 0.394 bits per heavy atom. The fourth-order valence-electron chi connectivity index (χ4n) is 8.88. The third-order valence-electron chi connectivity index (χ3n) is 11.9. The Morgan fingerprint density at radius 2 is 0.864 bits per heavy atom. The van der Waals surface area contributed by atoms with Gasteiger partial charge < -0.3 is 11.4 Å². The summed E-state index contributed by atoms with van der Waals surface area (Å²) in [5.41, 5.74) is 7.66. The van der Waals surface area contributed by atoms with Crippen LogP contribution in [-0.4, -0.2) is 37.1 Å². The van der Waals surface area contributed by atoms with Crippen molar-refractivity contribution in [3.63, 3.8) is 0 Å². The van der Waals surface area contributed by atoms with Gasteiger partial charge in [-0.1, -0.05) is 146 Å². The van der Waals surface area contributed by atoms with Crippen LogP contribution in [-0.2, 0) is 13.8 Å². The zero-order valence-electron chi connectivity index (χ0n) is 34.6. The van der Waals surface area contributed by atoms with Crippen LogP contribution in [0, 0.1) is 0 Å². The van der Waals surface area contributed by atoms with E-state index in [0.29, 0.717) is 38.9 Å². The first-order valence-electron chi connectivity index (χ1n) is 21.0. The second-order valence-corrected chi connectivity index (χ2v) is 17.1. The first-order chi connectivity index (χ1) is 32.2. The molecule has 0 aliphatic carbocycles. The number of hydrogen-bond acceptors (Lipinski definition) is 7. The second kappa shape index (κ2) is 16.5. The van der Waals surface area contributed by atoms with Crippen molar-refractivity contribution in [3.8, 4) is 94.8 Å². The maximum Gasteiger partial charge on any atom is 1.20 e. The van der Waals surface area contributed by atoms with Crippen LogP contribution >= 0.6 is 0 Å². The van der Waals surface area contributed by atoms with Crippen molar-refractivity contribution < 1.29 is 34.1 Å². The zero-order valence-corrected chi connectivity index (χ0v) is 35.8. The van der Waals surface area contributed by atoms with Crippen LogP contribution in [0.25, 0.3) is 89.0 Å². The number of alkyl halides is 3. The summed E-state index contributed by atoms with van der Waals surface area (Å²) in [6.07, 6.45) is -1.86. The van der Waals surface area contributed by atoms with Crippen LogP contribution < -0.4 is 3.79 Å². The Balaban J connectivity index is 1.22. The van der Waals surface area contributed by atoms with E-state index < -0.39 is 38.8 Å². The van der Waals surface area contributed by atoms with Crippen LogP contribution in [0.5, 0.6) is 5.75 Å². The maximum atomic E-state index is 15.9. The Morgan fingerprint density at radius 3 is 1.39 bits per heavy atom. The van der Waals surface area contributed by atoms with Crippen molar-refractivity contribution in [3.05, 3.63) is 211 Å². The molecule has 0 spiro atoms. The molecule has 0 unspecified atom stereocenters. The van der Waals surface area contributed by atoms with Crippen LogP contribution in [0.4, 0.5) is 13.2 Å². The van der Waals surface area contributed by atoms with Crippen molar-refractivity contribution >= 4 is 27.1 Å². The molecule has 9 aromatic rings. The lowest BCUT2D eigenvalue weighted by Gasteiger charge is -2.24. The highest BCUT2D eigenvalue weighted by molar-refractivity contribution is 6.44. The van der Waals surface area contributed by atoms with Gasteiger partial charge in [0.15, 0.2) is 5.69 Å². The molecule has 0 fully saturated rings. The van der Waals surface area contributed by atoms with Crippen LogP contribution in [0.3, 0.4) is 0 Å². The first kappa shape index (κ1) is 40.7. The Bertz CT molecular complexity index is 3410. The summed E-state index contributed by atoms with van der Waals surface area (Å²) in [6, 6.07) is 53.5. The lowest BCUT2D eigenvalue weighted by molar-refractivity contribution is -0.137. The van der Waals surface area contributed by atoms with Crippen molar-refractivity contribution in [1.82, 2.24) is 9.97 Å². The number of carbonyl (C=O) groups excluding carboxylic acids is 2. The number of pyridine rings is 2. The SMILES string of the molecule is O=C1[O][Al]2[O]C(=O)c3ncccc3-c3ccccc3-c3cccc(c3)-c3ccccc3-c3cc(c(cc3C(F)(F)F)-c3ccccc3-c3cccc(c3)-c3ccccc3-c3ccc1nc3)[O]2. The maximum absolute atomic E-state index is 15.9. The third kappa shape index (κ3) is 7.40. The Labute approximate surface area is 381 Å². The average molecular weight is 885 g/mol. The zero-order chi connectivity index (χ0) is 44.9. The summed E-state index contributed by atoms with van der Waals surface area (Å²) in [5.74, 6) is -2.04. The van der Waals surface area contributed by atoms with Crippen molar-refractivity contribution in [2.45, 2.75) is 6.18 Å². The van der Waals surface area contributed by atoms with E-state index in [-0.39, 0.29) is 33.8 Å². The highest BCUT2D eigenvalue weighted by Gasteiger charge is 2.50. The fraction of sp³-hybridized carbons (Fsp3) is 0.0182. The molecule has 66 heavy (non-hydrogen) atoms. The average Bonchev–Trinajstić information content (AvgIpc) is 3.35.